The first-order chi connectivity index (χ1) is 17.2. The zero-order valence-electron chi connectivity index (χ0n) is 21.3. The molecule has 11 heteroatoms. The second-order valence-corrected chi connectivity index (χ2v) is 10.6. The average Bonchev–Trinajstić information content (AvgIpc) is 2.80. The summed E-state index contributed by atoms with van der Waals surface area (Å²) in [6.45, 7) is 7.29. The summed E-state index contributed by atoms with van der Waals surface area (Å²) in [6.07, 6.45) is -4.29. The summed E-state index contributed by atoms with van der Waals surface area (Å²) < 4.78 is 16.5. The molecule has 1 fully saturated rings. The lowest BCUT2D eigenvalue weighted by Crippen LogP contribution is -2.59. The van der Waals surface area contributed by atoms with Gasteiger partial charge in [-0.2, -0.15) is 0 Å². The fourth-order valence-corrected chi connectivity index (χ4v) is 5.04. The van der Waals surface area contributed by atoms with Crippen molar-refractivity contribution in [2.75, 3.05) is 6.61 Å². The van der Waals surface area contributed by atoms with Crippen molar-refractivity contribution in [3.8, 4) is 17.2 Å². The SMILES string of the molecule is CC1=CC(=O)CC(C)(C)[C@H]1CC[C@H](C)O[C@H]1O[C@@H](COC(=O)c2cc(O)c(O)c(O)c2)[C@@H](O)[C@@H](O)[C@H]1O. The number of hydrogen-bond acceptors (Lipinski definition) is 11. The molecule has 1 heterocycles. The maximum Gasteiger partial charge on any atom is 0.338 e. The first-order valence-corrected chi connectivity index (χ1v) is 12.2. The molecule has 1 aliphatic heterocycles. The molecule has 0 aromatic heterocycles. The van der Waals surface area contributed by atoms with Crippen molar-refractivity contribution < 1.29 is 54.4 Å². The number of allylic oxidation sites excluding steroid dienone is 2. The molecule has 2 aliphatic rings. The largest absolute Gasteiger partial charge is 0.504 e. The summed E-state index contributed by atoms with van der Waals surface area (Å²) in [5, 5.41) is 59.6. The highest BCUT2D eigenvalue weighted by molar-refractivity contribution is 5.92. The van der Waals surface area contributed by atoms with Gasteiger partial charge in [0.1, 0.15) is 31.0 Å². The van der Waals surface area contributed by atoms with E-state index in [0.29, 0.717) is 12.8 Å². The van der Waals surface area contributed by atoms with Crippen LogP contribution in [0.25, 0.3) is 0 Å². The van der Waals surface area contributed by atoms with Crippen molar-refractivity contribution in [3.05, 3.63) is 29.3 Å². The van der Waals surface area contributed by atoms with E-state index in [1.165, 1.54) is 0 Å². The summed E-state index contributed by atoms with van der Waals surface area (Å²) in [6, 6.07) is 1.78. The van der Waals surface area contributed by atoms with Crippen LogP contribution >= 0.6 is 0 Å². The molecule has 1 aromatic rings. The molecule has 0 amide bonds. The first kappa shape index (κ1) is 28.9. The molecular weight excluding hydrogens is 488 g/mol. The zero-order valence-corrected chi connectivity index (χ0v) is 21.3. The van der Waals surface area contributed by atoms with E-state index in [2.05, 4.69) is 13.8 Å². The Morgan fingerprint density at radius 3 is 2.32 bits per heavy atom. The Hall–Kier alpha value is -2.70. The molecule has 0 bridgehead atoms. The van der Waals surface area contributed by atoms with E-state index in [9.17, 15) is 40.2 Å². The number of ketones is 1. The lowest BCUT2D eigenvalue weighted by atomic mass is 9.66. The summed E-state index contributed by atoms with van der Waals surface area (Å²) >= 11 is 0. The van der Waals surface area contributed by atoms with Crippen LogP contribution < -0.4 is 0 Å². The summed E-state index contributed by atoms with van der Waals surface area (Å²) in [5.41, 5.74) is 0.548. The Balaban J connectivity index is 1.59. The number of phenolic OH excluding ortho intramolecular Hbond substituents is 3. The van der Waals surface area contributed by atoms with Gasteiger partial charge < -0.3 is 44.8 Å². The van der Waals surface area contributed by atoms with E-state index in [4.69, 9.17) is 14.2 Å². The van der Waals surface area contributed by atoms with Crippen LogP contribution in [0.2, 0.25) is 0 Å². The molecule has 1 saturated heterocycles. The van der Waals surface area contributed by atoms with Gasteiger partial charge in [0.05, 0.1) is 11.7 Å². The van der Waals surface area contributed by atoms with Gasteiger partial charge in [0.2, 0.25) is 0 Å². The topological polar surface area (TPSA) is 183 Å². The molecule has 11 nitrogen and oxygen atoms in total. The first-order valence-electron chi connectivity index (χ1n) is 12.2. The van der Waals surface area contributed by atoms with Gasteiger partial charge >= 0.3 is 5.97 Å². The van der Waals surface area contributed by atoms with Crippen LogP contribution in [0.4, 0.5) is 0 Å². The predicted molar refractivity (Wildman–Crippen MR) is 129 cm³/mol. The fraction of sp³-hybridized carbons (Fsp3) is 0.615. The standard InChI is InChI=1S/C26H36O11/c1-12-7-15(27)10-26(3,4)16(12)6-5-13(2)36-25-23(33)22(32)21(31)19(37-25)11-35-24(34)14-8-17(28)20(30)18(29)9-14/h7-9,13,16,19,21-23,25,28-33H,5-6,10-11H2,1-4H3/t13-,16-,19-,21+,22+,23+,25-/m0/s1. The Morgan fingerprint density at radius 1 is 1.11 bits per heavy atom. The smallest absolute Gasteiger partial charge is 0.338 e. The molecule has 7 atom stereocenters. The number of aliphatic hydroxyl groups excluding tert-OH is 3. The van der Waals surface area contributed by atoms with Crippen molar-refractivity contribution in [2.45, 2.75) is 83.8 Å². The highest BCUT2D eigenvalue weighted by Gasteiger charge is 2.45. The number of carbonyl (C=O) groups excluding carboxylic acids is 2. The molecule has 0 saturated carbocycles. The minimum atomic E-state index is -1.63. The fourth-order valence-electron chi connectivity index (χ4n) is 5.04. The van der Waals surface area contributed by atoms with E-state index in [1.807, 2.05) is 6.92 Å². The zero-order chi connectivity index (χ0) is 27.7. The van der Waals surface area contributed by atoms with Gasteiger partial charge in [0.25, 0.3) is 0 Å². The van der Waals surface area contributed by atoms with Gasteiger partial charge in [-0.25, -0.2) is 4.79 Å². The number of phenols is 3. The Bertz CT molecular complexity index is 1010. The lowest BCUT2D eigenvalue weighted by molar-refractivity contribution is -0.310. The molecule has 37 heavy (non-hydrogen) atoms. The summed E-state index contributed by atoms with van der Waals surface area (Å²) in [5.74, 6) is -2.95. The minimum absolute atomic E-state index is 0.111. The highest BCUT2D eigenvalue weighted by Crippen LogP contribution is 2.42. The molecule has 3 rings (SSSR count). The quantitative estimate of drug-likeness (QED) is 0.214. The van der Waals surface area contributed by atoms with Crippen molar-refractivity contribution in [2.24, 2.45) is 11.3 Å². The van der Waals surface area contributed by atoms with Crippen LogP contribution in [-0.4, -0.2) is 85.8 Å². The molecular formula is C26H36O11. The number of esters is 1. The van der Waals surface area contributed by atoms with Crippen LogP contribution in [0, 0.1) is 11.3 Å². The number of carbonyl (C=O) groups is 2. The van der Waals surface area contributed by atoms with Crippen molar-refractivity contribution >= 4 is 11.8 Å². The number of hydrogen-bond donors (Lipinski definition) is 6. The Kier molecular flexibility index (Phi) is 8.86. The van der Waals surface area contributed by atoms with Crippen LogP contribution in [0.3, 0.4) is 0 Å². The number of aliphatic hydroxyl groups is 3. The Morgan fingerprint density at radius 2 is 1.73 bits per heavy atom. The van der Waals surface area contributed by atoms with E-state index >= 15 is 0 Å². The average molecular weight is 525 g/mol. The van der Waals surface area contributed by atoms with Crippen LogP contribution in [0.5, 0.6) is 17.2 Å². The summed E-state index contributed by atoms with van der Waals surface area (Å²) in [4.78, 5) is 24.2. The summed E-state index contributed by atoms with van der Waals surface area (Å²) in [7, 11) is 0. The van der Waals surface area contributed by atoms with Crippen LogP contribution in [0.15, 0.2) is 23.8 Å². The third-order valence-corrected chi connectivity index (χ3v) is 7.09. The van der Waals surface area contributed by atoms with Gasteiger partial charge in [-0.05, 0) is 56.2 Å². The minimum Gasteiger partial charge on any atom is -0.504 e. The van der Waals surface area contributed by atoms with Gasteiger partial charge in [0, 0.05) is 6.42 Å². The number of aromatic hydroxyl groups is 3. The monoisotopic (exact) mass is 524 g/mol. The Labute approximate surface area is 214 Å². The molecule has 0 spiro atoms. The molecule has 6 N–H and O–H groups in total. The van der Waals surface area contributed by atoms with Gasteiger partial charge in [-0.3, -0.25) is 4.79 Å². The van der Waals surface area contributed by atoms with Gasteiger partial charge in [-0.1, -0.05) is 19.4 Å². The van der Waals surface area contributed by atoms with Crippen LogP contribution in [-0.2, 0) is 19.0 Å². The third-order valence-electron chi connectivity index (χ3n) is 7.09. The number of benzene rings is 1. The second-order valence-electron chi connectivity index (χ2n) is 10.6. The highest BCUT2D eigenvalue weighted by atomic mass is 16.7. The second kappa shape index (κ2) is 11.4. The maximum absolute atomic E-state index is 12.3. The lowest BCUT2D eigenvalue weighted by Gasteiger charge is -2.41. The maximum atomic E-state index is 12.3. The molecule has 0 unspecified atom stereocenters. The molecule has 0 radical (unpaired) electrons. The molecule has 1 aliphatic carbocycles. The van der Waals surface area contributed by atoms with Gasteiger partial charge in [0.15, 0.2) is 29.3 Å². The molecule has 1 aromatic carbocycles. The normalized spacial score (nSPS) is 30.5. The van der Waals surface area contributed by atoms with E-state index in [0.717, 1.165) is 24.1 Å². The van der Waals surface area contributed by atoms with Gasteiger partial charge in [-0.15, -0.1) is 0 Å². The van der Waals surface area contributed by atoms with Crippen LogP contribution in [0.1, 0.15) is 57.3 Å². The van der Waals surface area contributed by atoms with E-state index in [-0.39, 0.29) is 22.7 Å². The third kappa shape index (κ3) is 6.60. The predicted octanol–water partition coefficient (Wildman–Crippen LogP) is 1.51. The van der Waals surface area contributed by atoms with Crippen molar-refractivity contribution in [1.29, 1.82) is 0 Å². The van der Waals surface area contributed by atoms with E-state index in [1.54, 1.807) is 13.0 Å². The van der Waals surface area contributed by atoms with Crippen molar-refractivity contribution in [3.63, 3.8) is 0 Å². The van der Waals surface area contributed by atoms with Crippen molar-refractivity contribution in [1.82, 2.24) is 0 Å². The molecule has 206 valence electrons. The van der Waals surface area contributed by atoms with E-state index < -0.39 is 66.6 Å². The number of rotatable bonds is 8. The number of ether oxygens (including phenoxy) is 3.